The molecule has 0 aromatic heterocycles. The first kappa shape index (κ1) is 17.7. The quantitative estimate of drug-likeness (QED) is 0.417. The molecular weight excluding hydrogens is 366 g/mol. The van der Waals surface area contributed by atoms with Gasteiger partial charge in [-0.2, -0.15) is 0 Å². The van der Waals surface area contributed by atoms with Crippen LogP contribution in [0.25, 0.3) is 10.8 Å². The smallest absolute Gasteiger partial charge is 0.342 e. The van der Waals surface area contributed by atoms with Gasteiger partial charge in [-0.3, -0.25) is 10.1 Å². The lowest BCUT2D eigenvalue weighted by Gasteiger charge is -2.20. The van der Waals surface area contributed by atoms with E-state index in [9.17, 15) is 20.0 Å². The van der Waals surface area contributed by atoms with Gasteiger partial charge in [-0.15, -0.1) is 0 Å². The summed E-state index contributed by atoms with van der Waals surface area (Å²) < 4.78 is 15.9. The predicted molar refractivity (Wildman–Crippen MR) is 98.1 cm³/mol. The van der Waals surface area contributed by atoms with Crippen LogP contribution in [0.3, 0.4) is 0 Å². The maximum absolute atomic E-state index is 12.5. The molecule has 0 bridgehead atoms. The zero-order valence-electron chi connectivity index (χ0n) is 14.6. The van der Waals surface area contributed by atoms with Crippen LogP contribution >= 0.6 is 0 Å². The highest BCUT2D eigenvalue weighted by atomic mass is 16.7. The Bertz CT molecular complexity index is 1090. The molecule has 3 aromatic carbocycles. The lowest BCUT2D eigenvalue weighted by Crippen LogP contribution is -2.15. The summed E-state index contributed by atoms with van der Waals surface area (Å²) in [6.45, 7) is -0.0598. The van der Waals surface area contributed by atoms with Crippen molar-refractivity contribution in [3.63, 3.8) is 0 Å². The van der Waals surface area contributed by atoms with Gasteiger partial charge in [0.15, 0.2) is 6.79 Å². The van der Waals surface area contributed by atoms with Crippen molar-refractivity contribution < 1.29 is 29.0 Å². The lowest BCUT2D eigenvalue weighted by molar-refractivity contribution is -0.385. The van der Waals surface area contributed by atoms with Gasteiger partial charge in [-0.1, -0.05) is 30.3 Å². The van der Waals surface area contributed by atoms with Gasteiger partial charge in [0.05, 0.1) is 11.5 Å². The van der Waals surface area contributed by atoms with Gasteiger partial charge in [0.2, 0.25) is 0 Å². The molecule has 4 rings (SSSR count). The van der Waals surface area contributed by atoms with E-state index in [1.54, 1.807) is 18.2 Å². The second-order valence-corrected chi connectivity index (χ2v) is 6.22. The molecule has 8 nitrogen and oxygen atoms in total. The zero-order chi connectivity index (χ0) is 19.7. The monoisotopic (exact) mass is 381 g/mol. The van der Waals surface area contributed by atoms with Crippen LogP contribution in [0.2, 0.25) is 0 Å². The molecule has 1 aliphatic heterocycles. The summed E-state index contributed by atoms with van der Waals surface area (Å²) in [6.07, 6.45) is 0. The van der Waals surface area contributed by atoms with Crippen molar-refractivity contribution in [2.24, 2.45) is 0 Å². The van der Waals surface area contributed by atoms with Crippen molar-refractivity contribution in [1.29, 1.82) is 0 Å². The number of nitrogens with zero attached hydrogens (tertiary/aromatic N) is 1. The standard InChI is InChI=1S/C20H15NO7/c22-18-16-4-2-1-3-12(16)5-6-17(18)20(23)27-10-14-8-15(21(24)25)7-13-9-26-11-28-19(13)14/h1-8,22H,9-11H2. The normalized spacial score (nSPS) is 12.9. The first-order chi connectivity index (χ1) is 13.5. The van der Waals surface area contributed by atoms with Crippen molar-refractivity contribution >= 4 is 22.4 Å². The summed E-state index contributed by atoms with van der Waals surface area (Å²) in [5, 5.41) is 22.9. The van der Waals surface area contributed by atoms with Gasteiger partial charge in [-0.05, 0) is 11.5 Å². The van der Waals surface area contributed by atoms with Crippen molar-refractivity contribution in [2.45, 2.75) is 13.2 Å². The van der Waals surface area contributed by atoms with Gasteiger partial charge >= 0.3 is 5.97 Å². The van der Waals surface area contributed by atoms with Crippen LogP contribution in [0.15, 0.2) is 48.5 Å². The Morgan fingerprint density at radius 1 is 1.21 bits per heavy atom. The zero-order valence-corrected chi connectivity index (χ0v) is 14.6. The number of fused-ring (bicyclic) bond motifs is 2. The van der Waals surface area contributed by atoms with Crippen molar-refractivity contribution in [1.82, 2.24) is 0 Å². The highest BCUT2D eigenvalue weighted by Crippen LogP contribution is 2.34. The van der Waals surface area contributed by atoms with E-state index in [-0.39, 0.29) is 37.0 Å². The van der Waals surface area contributed by atoms with Gasteiger partial charge < -0.3 is 19.3 Å². The van der Waals surface area contributed by atoms with Gasteiger partial charge in [-0.25, -0.2) is 4.79 Å². The maximum atomic E-state index is 12.5. The van der Waals surface area contributed by atoms with E-state index in [0.717, 1.165) is 5.39 Å². The summed E-state index contributed by atoms with van der Waals surface area (Å²) in [5.41, 5.74) is 0.746. The van der Waals surface area contributed by atoms with Gasteiger partial charge in [0.1, 0.15) is 23.7 Å². The third kappa shape index (κ3) is 3.21. The Morgan fingerprint density at radius 2 is 2.04 bits per heavy atom. The Labute approximate surface area is 159 Å². The van der Waals surface area contributed by atoms with Crippen LogP contribution in [-0.2, 0) is 22.7 Å². The molecule has 3 aromatic rings. The van der Waals surface area contributed by atoms with Gasteiger partial charge in [0.25, 0.3) is 5.69 Å². The van der Waals surface area contributed by atoms with E-state index in [0.29, 0.717) is 22.3 Å². The second-order valence-electron chi connectivity index (χ2n) is 6.22. The number of phenols is 1. The van der Waals surface area contributed by atoms with E-state index < -0.39 is 10.9 Å². The lowest BCUT2D eigenvalue weighted by atomic mass is 10.1. The minimum atomic E-state index is -0.740. The molecule has 0 radical (unpaired) electrons. The number of aromatic hydroxyl groups is 1. The minimum Gasteiger partial charge on any atom is -0.506 e. The first-order valence-corrected chi connectivity index (χ1v) is 8.43. The highest BCUT2D eigenvalue weighted by Gasteiger charge is 2.23. The molecule has 0 atom stereocenters. The Morgan fingerprint density at radius 3 is 2.86 bits per heavy atom. The van der Waals surface area contributed by atoms with E-state index >= 15 is 0 Å². The number of esters is 1. The Balaban J connectivity index is 1.61. The highest BCUT2D eigenvalue weighted by molar-refractivity contribution is 6.01. The fourth-order valence-electron chi connectivity index (χ4n) is 3.13. The third-order valence-corrected chi connectivity index (χ3v) is 4.46. The number of carbonyl (C=O) groups is 1. The molecule has 0 aliphatic carbocycles. The molecule has 0 saturated carbocycles. The van der Waals surface area contributed by atoms with E-state index in [2.05, 4.69) is 0 Å². The number of benzene rings is 3. The number of nitro groups is 1. The van der Waals surface area contributed by atoms with Crippen LogP contribution < -0.4 is 4.74 Å². The summed E-state index contributed by atoms with van der Waals surface area (Å²) >= 11 is 0. The molecule has 0 spiro atoms. The van der Waals surface area contributed by atoms with Crippen LogP contribution in [-0.4, -0.2) is 22.8 Å². The summed E-state index contributed by atoms with van der Waals surface area (Å²) in [4.78, 5) is 23.1. The van der Waals surface area contributed by atoms with Crippen molar-refractivity contribution in [2.75, 3.05) is 6.79 Å². The van der Waals surface area contributed by atoms with E-state index in [1.165, 1.54) is 18.2 Å². The summed E-state index contributed by atoms with van der Waals surface area (Å²) in [5.74, 6) is -0.503. The molecular formula is C20H15NO7. The molecule has 1 heterocycles. The number of ether oxygens (including phenoxy) is 3. The number of rotatable bonds is 4. The molecule has 1 aliphatic rings. The number of phenolic OH excluding ortho intramolecular Hbond substituents is 1. The number of non-ortho nitro benzene ring substituents is 1. The van der Waals surface area contributed by atoms with E-state index in [1.807, 2.05) is 12.1 Å². The van der Waals surface area contributed by atoms with Crippen molar-refractivity contribution in [3.8, 4) is 11.5 Å². The largest absolute Gasteiger partial charge is 0.506 e. The second kappa shape index (κ2) is 7.16. The molecule has 142 valence electrons. The SMILES string of the molecule is O=C(OCc1cc([N+](=O)[O-])cc2c1OCOC2)c1ccc2ccccc2c1O. The Kier molecular flexibility index (Phi) is 4.54. The average Bonchev–Trinajstić information content (AvgIpc) is 2.72. The number of hydrogen-bond acceptors (Lipinski definition) is 7. The fraction of sp³-hybridized carbons (Fsp3) is 0.150. The molecule has 8 heteroatoms. The van der Waals surface area contributed by atoms with Gasteiger partial charge in [0, 0.05) is 28.6 Å². The number of carbonyl (C=O) groups excluding carboxylic acids is 1. The molecule has 0 fully saturated rings. The predicted octanol–water partition coefficient (Wildman–Crippen LogP) is 3.68. The third-order valence-electron chi connectivity index (χ3n) is 4.46. The minimum absolute atomic E-state index is 0.0111. The molecule has 28 heavy (non-hydrogen) atoms. The van der Waals surface area contributed by atoms with Crippen LogP contribution in [0.5, 0.6) is 11.5 Å². The summed E-state index contributed by atoms with van der Waals surface area (Å²) in [7, 11) is 0. The summed E-state index contributed by atoms with van der Waals surface area (Å²) in [6, 6.07) is 13.0. The number of hydrogen-bond donors (Lipinski definition) is 1. The molecule has 0 unspecified atom stereocenters. The average molecular weight is 381 g/mol. The fourth-order valence-corrected chi connectivity index (χ4v) is 3.13. The molecule has 0 saturated heterocycles. The molecule has 0 amide bonds. The van der Waals surface area contributed by atoms with Crippen LogP contribution in [0, 0.1) is 10.1 Å². The maximum Gasteiger partial charge on any atom is 0.342 e. The van der Waals surface area contributed by atoms with Crippen LogP contribution in [0.1, 0.15) is 21.5 Å². The molecule has 1 N–H and O–H groups in total. The topological polar surface area (TPSA) is 108 Å². The van der Waals surface area contributed by atoms with Crippen molar-refractivity contribution in [3.05, 3.63) is 75.3 Å². The van der Waals surface area contributed by atoms with Crippen LogP contribution in [0.4, 0.5) is 5.69 Å². The first-order valence-electron chi connectivity index (χ1n) is 8.43. The number of nitro benzene ring substituents is 1. The Hall–Kier alpha value is -3.65. The van der Waals surface area contributed by atoms with E-state index in [4.69, 9.17) is 14.2 Å².